The predicted octanol–water partition coefficient (Wildman–Crippen LogP) is -2.88. The number of aliphatic carboxylic acids is 1. The fourth-order valence-corrected chi connectivity index (χ4v) is 1.24. The number of carboxylic acids is 1. The Labute approximate surface area is 100.0 Å². The average molecular weight is 292 g/mol. The summed E-state index contributed by atoms with van der Waals surface area (Å²) in [4.78, 5) is 18.8. The van der Waals surface area contributed by atoms with Gasteiger partial charge in [0.25, 0.3) is 0 Å². The summed E-state index contributed by atoms with van der Waals surface area (Å²) in [5.41, 5.74) is 0. The lowest BCUT2D eigenvalue weighted by Gasteiger charge is -2.24. The summed E-state index contributed by atoms with van der Waals surface area (Å²) in [5.74, 6) is -1.85. The molecule has 1 unspecified atom stereocenters. The van der Waals surface area contributed by atoms with Gasteiger partial charge in [-0.15, -0.1) is 4.67 Å². The molecule has 0 radical (unpaired) electrons. The van der Waals surface area contributed by atoms with E-state index in [2.05, 4.69) is 9.20 Å². The molecule has 12 heteroatoms. The number of hydrogen-bond acceptors (Lipinski definition) is 9. The Morgan fingerprint density at radius 3 is 2.06 bits per heavy atom. The molecule has 0 fully saturated rings. The van der Waals surface area contributed by atoms with Crippen molar-refractivity contribution >= 4 is 13.8 Å². The van der Waals surface area contributed by atoms with E-state index in [0.29, 0.717) is 0 Å². The SMILES string of the molecule is O=C(O)[C@H](O)[C@@H](O)[C@H](O)[C@H](O)COP(=O)(O)OO. The van der Waals surface area contributed by atoms with Crippen LogP contribution in [-0.2, 0) is 18.6 Å². The van der Waals surface area contributed by atoms with Gasteiger partial charge in [-0.1, -0.05) is 0 Å². The van der Waals surface area contributed by atoms with Crippen molar-refractivity contribution in [1.29, 1.82) is 0 Å². The normalized spacial score (nSPS) is 21.7. The van der Waals surface area contributed by atoms with Crippen molar-refractivity contribution in [3.8, 4) is 0 Å². The van der Waals surface area contributed by atoms with Gasteiger partial charge in [0.05, 0.1) is 6.61 Å². The Morgan fingerprint density at radius 2 is 1.67 bits per heavy atom. The Bertz CT molecular complexity index is 319. The van der Waals surface area contributed by atoms with E-state index in [1.165, 1.54) is 0 Å². The third-order valence-electron chi connectivity index (χ3n) is 1.83. The molecule has 0 spiro atoms. The van der Waals surface area contributed by atoms with Crippen LogP contribution in [0.25, 0.3) is 0 Å². The molecule has 11 nitrogen and oxygen atoms in total. The summed E-state index contributed by atoms with van der Waals surface area (Å²) >= 11 is 0. The fraction of sp³-hybridized carbons (Fsp3) is 0.833. The average Bonchev–Trinajstić information content (AvgIpc) is 2.33. The third-order valence-corrected chi connectivity index (χ3v) is 2.51. The van der Waals surface area contributed by atoms with Crippen molar-refractivity contribution in [2.75, 3.05) is 6.61 Å². The molecule has 0 amide bonds. The molecule has 0 saturated carbocycles. The zero-order valence-corrected chi connectivity index (χ0v) is 9.62. The zero-order valence-electron chi connectivity index (χ0n) is 8.73. The second-order valence-electron chi connectivity index (χ2n) is 3.18. The number of carbonyl (C=O) groups is 1. The molecule has 7 N–H and O–H groups in total. The van der Waals surface area contributed by atoms with E-state index in [4.69, 9.17) is 30.6 Å². The maximum atomic E-state index is 10.6. The largest absolute Gasteiger partial charge is 0.499 e. The van der Waals surface area contributed by atoms with Crippen molar-refractivity contribution in [3.05, 3.63) is 0 Å². The van der Waals surface area contributed by atoms with Crippen molar-refractivity contribution in [1.82, 2.24) is 0 Å². The molecule has 0 heterocycles. The molecule has 0 aliphatic rings. The fourth-order valence-electron chi connectivity index (χ4n) is 0.853. The van der Waals surface area contributed by atoms with E-state index in [1.807, 2.05) is 0 Å². The first-order valence-corrected chi connectivity index (χ1v) is 5.87. The Balaban J connectivity index is 4.38. The van der Waals surface area contributed by atoms with Crippen molar-refractivity contribution in [2.45, 2.75) is 24.4 Å². The van der Waals surface area contributed by atoms with Crippen molar-refractivity contribution in [2.24, 2.45) is 0 Å². The first kappa shape index (κ1) is 17.4. The number of phosphoric ester groups is 1. The summed E-state index contributed by atoms with van der Waals surface area (Å²) in [6.45, 7) is -1.07. The van der Waals surface area contributed by atoms with Gasteiger partial charge in [0.15, 0.2) is 6.10 Å². The highest BCUT2D eigenvalue weighted by Crippen LogP contribution is 2.41. The molecule has 5 atom stereocenters. The molecule has 0 bridgehead atoms. The van der Waals surface area contributed by atoms with Crippen LogP contribution in [0.3, 0.4) is 0 Å². The van der Waals surface area contributed by atoms with Gasteiger partial charge in [-0.2, -0.15) is 0 Å². The van der Waals surface area contributed by atoms with Crippen LogP contribution >= 0.6 is 7.82 Å². The van der Waals surface area contributed by atoms with E-state index in [1.54, 1.807) is 0 Å². The van der Waals surface area contributed by atoms with Crippen LogP contribution < -0.4 is 0 Å². The van der Waals surface area contributed by atoms with Crippen molar-refractivity contribution in [3.63, 3.8) is 0 Å². The molecule has 18 heavy (non-hydrogen) atoms. The number of carboxylic acid groups (broad SMARTS) is 1. The maximum absolute atomic E-state index is 10.6. The molecule has 0 rings (SSSR count). The minimum atomic E-state index is -4.82. The number of rotatable bonds is 8. The van der Waals surface area contributed by atoms with Gasteiger partial charge in [0.2, 0.25) is 0 Å². The minimum Gasteiger partial charge on any atom is -0.479 e. The smallest absolute Gasteiger partial charge is 0.479 e. The highest BCUT2D eigenvalue weighted by molar-refractivity contribution is 7.47. The standard InChI is InChI=1S/C6H13O11P/c7-2(1-16-18(14,15)17-13)3(8)4(9)5(10)6(11)12/h2-5,7-10,13H,1H2,(H,11,12)(H,14,15)/t2-,3-,4+,5-/m1/s1. The predicted molar refractivity (Wildman–Crippen MR) is 51.2 cm³/mol. The van der Waals surface area contributed by atoms with Gasteiger partial charge in [0.1, 0.15) is 18.3 Å². The maximum Gasteiger partial charge on any atom is 0.499 e. The summed E-state index contributed by atoms with van der Waals surface area (Å²) in [5, 5.41) is 52.5. The first-order chi connectivity index (χ1) is 8.12. The number of aliphatic hydroxyl groups excluding tert-OH is 4. The van der Waals surface area contributed by atoms with Gasteiger partial charge in [0, 0.05) is 0 Å². The van der Waals surface area contributed by atoms with Gasteiger partial charge in [-0.05, 0) is 0 Å². The number of phosphoric acid groups is 1. The molecule has 0 saturated heterocycles. The van der Waals surface area contributed by atoms with Crippen LogP contribution in [-0.4, -0.2) is 72.7 Å². The second kappa shape index (κ2) is 7.09. The van der Waals surface area contributed by atoms with Crippen LogP contribution in [0.1, 0.15) is 0 Å². The second-order valence-corrected chi connectivity index (χ2v) is 4.54. The summed E-state index contributed by atoms with van der Waals surface area (Å²) in [7, 11) is -4.82. The minimum absolute atomic E-state index is 1.07. The van der Waals surface area contributed by atoms with Crippen LogP contribution in [0.4, 0.5) is 0 Å². The summed E-state index contributed by atoms with van der Waals surface area (Å²) < 4.78 is 17.5. The first-order valence-electron chi connectivity index (χ1n) is 4.38. The van der Waals surface area contributed by atoms with Gasteiger partial charge in [-0.25, -0.2) is 14.6 Å². The topological polar surface area (TPSA) is 194 Å². The monoisotopic (exact) mass is 292 g/mol. The lowest BCUT2D eigenvalue weighted by molar-refractivity contribution is -0.171. The van der Waals surface area contributed by atoms with Crippen LogP contribution in [0.5, 0.6) is 0 Å². The lowest BCUT2D eigenvalue weighted by atomic mass is 10.0. The summed E-state index contributed by atoms with van der Waals surface area (Å²) in [6, 6.07) is 0. The highest BCUT2D eigenvalue weighted by atomic mass is 31.2. The van der Waals surface area contributed by atoms with E-state index in [0.717, 1.165) is 0 Å². The lowest BCUT2D eigenvalue weighted by Crippen LogP contribution is -2.48. The van der Waals surface area contributed by atoms with Crippen molar-refractivity contribution < 1.29 is 54.2 Å². The van der Waals surface area contributed by atoms with Gasteiger partial charge in [-0.3, -0.25) is 4.52 Å². The molecular weight excluding hydrogens is 279 g/mol. The molecule has 0 aromatic rings. The quantitative estimate of drug-likeness (QED) is 0.138. The number of hydrogen-bond donors (Lipinski definition) is 7. The highest BCUT2D eigenvalue weighted by Gasteiger charge is 2.35. The Morgan fingerprint density at radius 1 is 1.17 bits per heavy atom. The molecule has 0 aliphatic heterocycles. The van der Waals surface area contributed by atoms with Crippen LogP contribution in [0.2, 0.25) is 0 Å². The number of aliphatic hydroxyl groups is 4. The Hall–Kier alpha value is -0.620. The van der Waals surface area contributed by atoms with E-state index < -0.39 is 44.8 Å². The Kier molecular flexibility index (Phi) is 6.84. The third kappa shape index (κ3) is 5.35. The van der Waals surface area contributed by atoms with Crippen LogP contribution in [0, 0.1) is 0 Å². The molecular formula is C6H13O11P. The summed E-state index contributed by atoms with van der Waals surface area (Å²) in [6.07, 6.45) is -8.81. The van der Waals surface area contributed by atoms with E-state index >= 15 is 0 Å². The molecule has 108 valence electrons. The van der Waals surface area contributed by atoms with E-state index in [9.17, 15) is 14.5 Å². The van der Waals surface area contributed by atoms with Gasteiger partial charge >= 0.3 is 13.8 Å². The van der Waals surface area contributed by atoms with E-state index in [-0.39, 0.29) is 0 Å². The molecule has 0 aromatic heterocycles. The molecule has 0 aromatic carbocycles. The molecule has 0 aliphatic carbocycles. The van der Waals surface area contributed by atoms with Gasteiger partial charge < -0.3 is 30.4 Å². The van der Waals surface area contributed by atoms with Crippen LogP contribution in [0.15, 0.2) is 0 Å². The zero-order chi connectivity index (χ0) is 14.5.